The first-order valence-electron chi connectivity index (χ1n) is 13.1. The van der Waals surface area contributed by atoms with Crippen LogP contribution in [0.3, 0.4) is 0 Å². The average molecular weight is 520 g/mol. The number of carbonyl (C=O) groups is 3. The van der Waals surface area contributed by atoms with Crippen LogP contribution in [0.15, 0.2) is 12.1 Å². The zero-order chi connectivity index (χ0) is 27.1. The second-order valence-electron chi connectivity index (χ2n) is 12.1. The second kappa shape index (κ2) is 10.1. The van der Waals surface area contributed by atoms with Crippen LogP contribution in [0.5, 0.6) is 11.5 Å². The Balaban J connectivity index is 1.45. The van der Waals surface area contributed by atoms with Gasteiger partial charge < -0.3 is 24.6 Å². The lowest BCUT2D eigenvalue weighted by Gasteiger charge is -2.37. The Labute approximate surface area is 217 Å². The van der Waals surface area contributed by atoms with Crippen LogP contribution in [0.4, 0.5) is 4.39 Å². The summed E-state index contributed by atoms with van der Waals surface area (Å²) in [4.78, 5) is 37.8. The maximum Gasteiger partial charge on any atom is 0.312 e. The van der Waals surface area contributed by atoms with Gasteiger partial charge in [-0.2, -0.15) is 0 Å². The van der Waals surface area contributed by atoms with Crippen LogP contribution < -0.4 is 14.8 Å². The number of esters is 1. The van der Waals surface area contributed by atoms with Crippen LogP contribution in [0.25, 0.3) is 0 Å². The molecule has 4 rings (SSSR count). The predicted octanol–water partition coefficient (Wildman–Crippen LogP) is 4.73. The summed E-state index contributed by atoms with van der Waals surface area (Å²) in [7, 11) is 1.35. The van der Waals surface area contributed by atoms with Crippen LogP contribution >= 0.6 is 0 Å². The van der Waals surface area contributed by atoms with E-state index in [1.165, 1.54) is 13.2 Å². The standard InChI is InChI=1S/C28H38FNO7/c1-27(2,3)37-26(34)28(4)10-8-17(9-11-28)36-21-13-18(20(35-5)14-19(21)29)24(31)30-23-16-7-6-15(12-16)22(23)25(32)33/h13-17,22-23H,6-12H2,1-5H3,(H,30,31)(H,32,33)/t15-,16+,17?,22+,23-,28?/m1/s1. The van der Waals surface area contributed by atoms with Crippen LogP contribution in [0.2, 0.25) is 0 Å². The Morgan fingerprint density at radius 2 is 1.70 bits per heavy atom. The van der Waals surface area contributed by atoms with E-state index in [0.29, 0.717) is 25.7 Å². The molecule has 1 amide bonds. The lowest BCUT2D eigenvalue weighted by atomic mass is 9.74. The van der Waals surface area contributed by atoms with Gasteiger partial charge in [-0.25, -0.2) is 4.39 Å². The van der Waals surface area contributed by atoms with E-state index in [-0.39, 0.29) is 41.0 Å². The summed E-state index contributed by atoms with van der Waals surface area (Å²) in [5, 5.41) is 12.6. The van der Waals surface area contributed by atoms with Crippen molar-refractivity contribution in [1.29, 1.82) is 0 Å². The Hall–Kier alpha value is -2.84. The van der Waals surface area contributed by atoms with Gasteiger partial charge in [0.05, 0.1) is 30.1 Å². The molecule has 0 aromatic heterocycles. The number of carboxylic acids is 1. The van der Waals surface area contributed by atoms with E-state index in [4.69, 9.17) is 14.2 Å². The molecule has 3 saturated carbocycles. The molecule has 0 heterocycles. The first-order valence-corrected chi connectivity index (χ1v) is 13.1. The van der Waals surface area contributed by atoms with Crippen molar-refractivity contribution in [2.45, 2.75) is 90.4 Å². The number of carbonyl (C=O) groups excluding carboxylic acids is 2. The summed E-state index contributed by atoms with van der Waals surface area (Å²) in [6.45, 7) is 7.39. The minimum Gasteiger partial charge on any atom is -0.496 e. The molecule has 0 saturated heterocycles. The van der Waals surface area contributed by atoms with Gasteiger partial charge in [0.1, 0.15) is 11.4 Å². The highest BCUT2D eigenvalue weighted by molar-refractivity contribution is 5.98. The molecule has 2 bridgehead atoms. The molecule has 0 aliphatic heterocycles. The van der Waals surface area contributed by atoms with E-state index >= 15 is 0 Å². The molecule has 1 aromatic carbocycles. The number of carboxylic acid groups (broad SMARTS) is 1. The minimum absolute atomic E-state index is 0.0542. The number of hydrogen-bond donors (Lipinski definition) is 2. The average Bonchev–Trinajstić information content (AvgIpc) is 3.42. The molecule has 37 heavy (non-hydrogen) atoms. The minimum atomic E-state index is -0.900. The third-order valence-electron chi connectivity index (χ3n) is 8.22. The molecular weight excluding hydrogens is 481 g/mol. The van der Waals surface area contributed by atoms with Gasteiger partial charge in [0.2, 0.25) is 0 Å². The van der Waals surface area contributed by atoms with Gasteiger partial charge in [-0.3, -0.25) is 14.4 Å². The quantitative estimate of drug-likeness (QED) is 0.501. The van der Waals surface area contributed by atoms with Crippen LogP contribution in [-0.2, 0) is 14.3 Å². The highest BCUT2D eigenvalue weighted by atomic mass is 19.1. The molecule has 1 aromatic rings. The van der Waals surface area contributed by atoms with E-state index < -0.39 is 40.7 Å². The number of benzene rings is 1. The van der Waals surface area contributed by atoms with E-state index in [1.54, 1.807) is 0 Å². The molecule has 2 N–H and O–H groups in total. The van der Waals surface area contributed by atoms with Crippen molar-refractivity contribution in [2.24, 2.45) is 23.2 Å². The first-order chi connectivity index (χ1) is 17.3. The summed E-state index contributed by atoms with van der Waals surface area (Å²) in [5.74, 6) is -2.75. The molecule has 204 valence electrons. The smallest absolute Gasteiger partial charge is 0.312 e. The van der Waals surface area contributed by atoms with Crippen molar-refractivity contribution in [3.8, 4) is 11.5 Å². The normalized spacial score (nSPS) is 31.0. The highest BCUT2D eigenvalue weighted by Crippen LogP contribution is 2.49. The number of aliphatic carboxylic acids is 1. The maximum absolute atomic E-state index is 14.9. The Bertz CT molecular complexity index is 1060. The summed E-state index contributed by atoms with van der Waals surface area (Å²) in [6.07, 6.45) is 4.37. The van der Waals surface area contributed by atoms with Gasteiger partial charge in [0.15, 0.2) is 11.6 Å². The zero-order valence-electron chi connectivity index (χ0n) is 22.3. The largest absolute Gasteiger partial charge is 0.496 e. The molecule has 0 radical (unpaired) electrons. The van der Waals surface area contributed by atoms with E-state index in [0.717, 1.165) is 25.3 Å². The Morgan fingerprint density at radius 3 is 2.30 bits per heavy atom. The summed E-state index contributed by atoms with van der Waals surface area (Å²) < 4.78 is 31.7. The highest BCUT2D eigenvalue weighted by Gasteiger charge is 2.51. The fourth-order valence-corrected chi connectivity index (χ4v) is 6.19. The topological polar surface area (TPSA) is 111 Å². The first kappa shape index (κ1) is 27.2. The van der Waals surface area contributed by atoms with E-state index in [9.17, 15) is 23.9 Å². The number of methoxy groups -OCH3 is 1. The summed E-state index contributed by atoms with van der Waals surface area (Å²) >= 11 is 0. The molecule has 0 spiro atoms. The van der Waals surface area contributed by atoms with Gasteiger partial charge in [-0.05, 0) is 90.5 Å². The molecule has 8 nitrogen and oxygen atoms in total. The molecule has 3 fully saturated rings. The van der Waals surface area contributed by atoms with Crippen molar-refractivity contribution in [1.82, 2.24) is 5.32 Å². The monoisotopic (exact) mass is 519 g/mol. The maximum atomic E-state index is 14.9. The predicted molar refractivity (Wildman–Crippen MR) is 133 cm³/mol. The van der Waals surface area contributed by atoms with Gasteiger partial charge in [0.25, 0.3) is 5.91 Å². The molecular formula is C28H38FNO7. The fourth-order valence-electron chi connectivity index (χ4n) is 6.19. The Kier molecular flexibility index (Phi) is 7.45. The molecule has 0 unspecified atom stereocenters. The van der Waals surface area contributed by atoms with Gasteiger partial charge in [-0.15, -0.1) is 0 Å². The lowest BCUT2D eigenvalue weighted by Crippen LogP contribution is -2.46. The number of nitrogens with one attached hydrogen (secondary N) is 1. The van der Waals surface area contributed by atoms with Crippen molar-refractivity contribution >= 4 is 17.8 Å². The summed E-state index contributed by atoms with van der Waals surface area (Å²) in [5.41, 5.74) is -1.10. The number of halogens is 1. The second-order valence-corrected chi connectivity index (χ2v) is 12.1. The van der Waals surface area contributed by atoms with Gasteiger partial charge in [0, 0.05) is 12.1 Å². The number of fused-ring (bicyclic) bond motifs is 2. The van der Waals surface area contributed by atoms with E-state index in [2.05, 4.69) is 5.32 Å². The number of hydrogen-bond acceptors (Lipinski definition) is 6. The number of amides is 1. The van der Waals surface area contributed by atoms with Gasteiger partial charge in [-0.1, -0.05) is 0 Å². The zero-order valence-corrected chi connectivity index (χ0v) is 22.3. The number of ether oxygens (including phenoxy) is 3. The van der Waals surface area contributed by atoms with Crippen molar-refractivity contribution in [3.05, 3.63) is 23.5 Å². The molecule has 4 atom stereocenters. The van der Waals surface area contributed by atoms with Crippen molar-refractivity contribution < 1.29 is 38.1 Å². The molecule has 3 aliphatic carbocycles. The van der Waals surface area contributed by atoms with Crippen molar-refractivity contribution in [3.63, 3.8) is 0 Å². The number of rotatable bonds is 7. The van der Waals surface area contributed by atoms with E-state index in [1.807, 2.05) is 27.7 Å². The third-order valence-corrected chi connectivity index (χ3v) is 8.22. The fraction of sp³-hybridized carbons (Fsp3) is 0.679. The summed E-state index contributed by atoms with van der Waals surface area (Å²) in [6, 6.07) is 1.98. The molecule has 3 aliphatic rings. The SMILES string of the molecule is COc1cc(F)c(OC2CCC(C)(C(=O)OC(C)(C)C)CC2)cc1C(=O)N[C@@H]1[C@H]2CC[C@H](C2)[C@@H]1C(=O)O. The van der Waals surface area contributed by atoms with Crippen molar-refractivity contribution in [2.75, 3.05) is 7.11 Å². The van der Waals surface area contributed by atoms with Crippen LogP contribution in [0.1, 0.15) is 83.0 Å². The third kappa shape index (κ3) is 5.70. The Morgan fingerprint density at radius 1 is 1.05 bits per heavy atom. The van der Waals surface area contributed by atoms with Gasteiger partial charge >= 0.3 is 11.9 Å². The lowest BCUT2D eigenvalue weighted by molar-refractivity contribution is -0.169. The van der Waals surface area contributed by atoms with Crippen LogP contribution in [-0.4, -0.2) is 47.8 Å². The molecule has 9 heteroatoms. The van der Waals surface area contributed by atoms with Crippen LogP contribution in [0, 0.1) is 29.0 Å².